The maximum absolute atomic E-state index is 14.2. The Kier molecular flexibility index (Phi) is 13.1. The van der Waals surface area contributed by atoms with Crippen LogP contribution in [0, 0.1) is 0 Å². The minimum atomic E-state index is -0.545. The zero-order valence-electron chi connectivity index (χ0n) is 26.0. The predicted octanol–water partition coefficient (Wildman–Crippen LogP) is 8.20. The third-order valence-electron chi connectivity index (χ3n) is 7.10. The molecule has 0 aliphatic carbocycles. The third-order valence-corrected chi connectivity index (χ3v) is 13.8. The van der Waals surface area contributed by atoms with Crippen LogP contribution in [0.15, 0.2) is 54.6 Å². The Morgan fingerprint density at radius 3 is 1.91 bits per heavy atom. The van der Waals surface area contributed by atoms with Crippen LogP contribution in [0.25, 0.3) is 0 Å². The highest BCUT2D eigenvalue weighted by Gasteiger charge is 2.39. The van der Waals surface area contributed by atoms with Gasteiger partial charge in [-0.3, -0.25) is 4.79 Å². The molecule has 1 unspecified atom stereocenters. The van der Waals surface area contributed by atoms with E-state index in [1.54, 1.807) is 72.6 Å². The smallest absolute Gasteiger partial charge is 0.184 e. The standard InChI is InChI=1S/C33H40O7S4/c1-35-22-9-12-28(38-4)25(19-22)31(34)32(26-20-23(36-2)10-13-29(26)39-5)41-15-7-16-42-33(43-17-8-18-44-33)27-21-24(37-3)11-14-30(27)40-6/h9-14,19-21,32H,7-8,15-18H2,1-6H3. The quantitative estimate of drug-likeness (QED) is 0.109. The second-order valence-electron chi connectivity index (χ2n) is 9.66. The topological polar surface area (TPSA) is 72.5 Å². The van der Waals surface area contributed by atoms with E-state index in [9.17, 15) is 4.79 Å². The highest BCUT2D eigenvalue weighted by Crippen LogP contribution is 2.60. The number of carbonyl (C=O) groups is 1. The van der Waals surface area contributed by atoms with E-state index in [1.165, 1.54) is 6.42 Å². The first-order valence-corrected chi connectivity index (χ1v) is 18.2. The Hall–Kier alpha value is -2.47. The highest BCUT2D eigenvalue weighted by molar-refractivity contribution is 8.33. The SMILES string of the molecule is COc1ccc(OC)c(C(=O)C(SCCCSC2(c3cc(OC)ccc3OC)SCCCS2)c2cc(OC)ccc2OC)c1. The summed E-state index contributed by atoms with van der Waals surface area (Å²) in [6, 6.07) is 16.9. The fourth-order valence-electron chi connectivity index (χ4n) is 4.85. The summed E-state index contributed by atoms with van der Waals surface area (Å²) in [6.45, 7) is 0. The van der Waals surface area contributed by atoms with Crippen molar-refractivity contribution in [3.8, 4) is 34.5 Å². The number of rotatable bonds is 16. The van der Waals surface area contributed by atoms with Gasteiger partial charge in [-0.15, -0.1) is 47.0 Å². The van der Waals surface area contributed by atoms with E-state index in [4.69, 9.17) is 28.4 Å². The first-order valence-electron chi connectivity index (χ1n) is 14.2. The van der Waals surface area contributed by atoms with Crippen LogP contribution >= 0.6 is 47.0 Å². The highest BCUT2D eigenvalue weighted by atomic mass is 32.3. The molecule has 0 aromatic heterocycles. The molecule has 0 radical (unpaired) electrons. The zero-order chi connectivity index (χ0) is 31.5. The molecule has 1 saturated heterocycles. The minimum absolute atomic E-state index is 0.0825. The van der Waals surface area contributed by atoms with Crippen molar-refractivity contribution < 1.29 is 33.2 Å². The summed E-state index contributed by atoms with van der Waals surface area (Å²) in [7, 11) is 9.80. The van der Waals surface area contributed by atoms with Crippen molar-refractivity contribution in [3.05, 3.63) is 71.3 Å². The number of methoxy groups -OCH3 is 6. The summed E-state index contributed by atoms with van der Waals surface area (Å²) < 4.78 is 33.4. The van der Waals surface area contributed by atoms with Crippen LogP contribution in [0.4, 0.5) is 0 Å². The Balaban J connectivity index is 1.57. The largest absolute Gasteiger partial charge is 0.497 e. The number of thioether (sulfide) groups is 4. The molecular weight excluding hydrogens is 637 g/mol. The van der Waals surface area contributed by atoms with Gasteiger partial charge in [0.15, 0.2) is 5.78 Å². The van der Waals surface area contributed by atoms with Crippen LogP contribution in [0.2, 0.25) is 0 Å². The Morgan fingerprint density at radius 1 is 0.727 bits per heavy atom. The number of benzene rings is 3. The lowest BCUT2D eigenvalue weighted by Gasteiger charge is -2.37. The van der Waals surface area contributed by atoms with E-state index in [2.05, 4.69) is 6.07 Å². The monoisotopic (exact) mass is 676 g/mol. The molecule has 1 atom stereocenters. The van der Waals surface area contributed by atoms with Crippen LogP contribution in [-0.2, 0) is 3.41 Å². The molecule has 11 heteroatoms. The van der Waals surface area contributed by atoms with Crippen LogP contribution in [0.5, 0.6) is 34.5 Å². The molecular formula is C33H40O7S4. The van der Waals surface area contributed by atoms with Crippen LogP contribution < -0.4 is 28.4 Å². The maximum Gasteiger partial charge on any atom is 0.184 e. The van der Waals surface area contributed by atoms with Gasteiger partial charge in [0.25, 0.3) is 0 Å². The molecule has 1 heterocycles. The van der Waals surface area contributed by atoms with E-state index in [0.29, 0.717) is 28.6 Å². The van der Waals surface area contributed by atoms with Gasteiger partial charge in [-0.1, -0.05) is 0 Å². The van der Waals surface area contributed by atoms with E-state index in [1.807, 2.05) is 65.6 Å². The molecule has 1 fully saturated rings. The first-order chi connectivity index (χ1) is 21.4. The number of hydrogen-bond acceptors (Lipinski definition) is 11. The second-order valence-corrected chi connectivity index (χ2v) is 15.6. The van der Waals surface area contributed by atoms with E-state index < -0.39 is 5.25 Å². The second kappa shape index (κ2) is 16.7. The van der Waals surface area contributed by atoms with Gasteiger partial charge < -0.3 is 28.4 Å². The van der Waals surface area contributed by atoms with Gasteiger partial charge in [-0.2, -0.15) is 0 Å². The Morgan fingerprint density at radius 2 is 1.30 bits per heavy atom. The fourth-order valence-corrected chi connectivity index (χ4v) is 11.5. The van der Waals surface area contributed by atoms with E-state index in [0.717, 1.165) is 52.1 Å². The van der Waals surface area contributed by atoms with Gasteiger partial charge in [0.05, 0.1) is 53.5 Å². The van der Waals surface area contributed by atoms with Crippen molar-refractivity contribution >= 4 is 52.8 Å². The summed E-state index contributed by atoms with van der Waals surface area (Å²) in [6.07, 6.45) is 2.08. The maximum atomic E-state index is 14.2. The lowest BCUT2D eigenvalue weighted by atomic mass is 10.00. The number of ketones is 1. The van der Waals surface area contributed by atoms with Crippen molar-refractivity contribution in [1.82, 2.24) is 0 Å². The molecule has 1 aliphatic rings. The van der Waals surface area contributed by atoms with Crippen molar-refractivity contribution in [2.75, 3.05) is 65.7 Å². The van der Waals surface area contributed by atoms with Crippen molar-refractivity contribution in [3.63, 3.8) is 0 Å². The molecule has 4 rings (SSSR count). The number of ether oxygens (including phenoxy) is 6. The number of carbonyl (C=O) groups excluding carboxylic acids is 1. The summed E-state index contributed by atoms with van der Waals surface area (Å²) in [4.78, 5) is 14.2. The normalized spacial score (nSPS) is 14.8. The molecule has 0 amide bonds. The van der Waals surface area contributed by atoms with Crippen molar-refractivity contribution in [1.29, 1.82) is 0 Å². The molecule has 3 aromatic rings. The molecule has 3 aromatic carbocycles. The van der Waals surface area contributed by atoms with Gasteiger partial charge >= 0.3 is 0 Å². The molecule has 0 saturated carbocycles. The molecule has 44 heavy (non-hydrogen) atoms. The zero-order valence-corrected chi connectivity index (χ0v) is 29.3. The first kappa shape index (κ1) is 34.4. The average molecular weight is 677 g/mol. The van der Waals surface area contributed by atoms with Crippen LogP contribution in [-0.4, -0.2) is 71.5 Å². The van der Waals surface area contributed by atoms with Gasteiger partial charge in [0.2, 0.25) is 0 Å². The number of hydrogen-bond donors (Lipinski definition) is 0. The third kappa shape index (κ3) is 8.02. The average Bonchev–Trinajstić information content (AvgIpc) is 3.09. The fraction of sp³-hybridized carbons (Fsp3) is 0.424. The lowest BCUT2D eigenvalue weighted by Crippen LogP contribution is -2.21. The molecule has 0 N–H and O–H groups in total. The molecule has 1 aliphatic heterocycles. The van der Waals surface area contributed by atoms with Crippen LogP contribution in [0.3, 0.4) is 0 Å². The van der Waals surface area contributed by atoms with E-state index >= 15 is 0 Å². The van der Waals surface area contributed by atoms with Crippen molar-refractivity contribution in [2.45, 2.75) is 21.5 Å². The number of Topliss-reactive ketones (excluding diaryl/α,β-unsaturated/α-hetero) is 1. The lowest BCUT2D eigenvalue weighted by molar-refractivity contribution is 0.0985. The minimum Gasteiger partial charge on any atom is -0.497 e. The predicted molar refractivity (Wildman–Crippen MR) is 186 cm³/mol. The van der Waals surface area contributed by atoms with Gasteiger partial charge in [0.1, 0.15) is 37.9 Å². The summed E-state index contributed by atoms with van der Waals surface area (Å²) in [5, 5.41) is -0.545. The summed E-state index contributed by atoms with van der Waals surface area (Å²) >= 11 is 7.47. The molecule has 238 valence electrons. The summed E-state index contributed by atoms with van der Waals surface area (Å²) in [5.41, 5.74) is 2.36. The summed E-state index contributed by atoms with van der Waals surface area (Å²) in [5.74, 6) is 7.84. The van der Waals surface area contributed by atoms with E-state index in [-0.39, 0.29) is 9.19 Å². The Bertz CT molecular complexity index is 1390. The van der Waals surface area contributed by atoms with Crippen molar-refractivity contribution in [2.24, 2.45) is 0 Å². The van der Waals surface area contributed by atoms with Gasteiger partial charge in [-0.05, 0) is 90.5 Å². The van der Waals surface area contributed by atoms with Gasteiger partial charge in [0, 0.05) is 11.1 Å². The van der Waals surface area contributed by atoms with Gasteiger partial charge in [-0.25, -0.2) is 0 Å². The van der Waals surface area contributed by atoms with Crippen LogP contribution in [0.1, 0.15) is 39.6 Å². The molecule has 7 nitrogen and oxygen atoms in total. The Labute approximate surface area is 277 Å². The molecule has 0 spiro atoms. The molecule has 0 bridgehead atoms.